The first kappa shape index (κ1) is 17.9. The van der Waals surface area contributed by atoms with Crippen molar-refractivity contribution in [1.82, 2.24) is 15.2 Å². The molecule has 0 saturated carbocycles. The lowest BCUT2D eigenvalue weighted by Gasteiger charge is -2.13. The molecule has 1 aromatic heterocycles. The number of methoxy groups -OCH3 is 2. The van der Waals surface area contributed by atoms with E-state index in [9.17, 15) is 9.59 Å². The van der Waals surface area contributed by atoms with Crippen molar-refractivity contribution in [3.8, 4) is 17.2 Å². The number of rotatable bonds is 6. The standard InChI is InChI=1S/C15H17N5O5/c1-8-14(22)17-15(20-18-8)19-16-7-10-5-11(23-3)13(25-9(2)21)12(6-10)24-4/h5-7H,1-4H3,(H2,17,19,20,22)/b16-7+. The van der Waals surface area contributed by atoms with Crippen LogP contribution < -0.4 is 25.2 Å². The minimum atomic E-state index is -0.499. The van der Waals surface area contributed by atoms with Crippen molar-refractivity contribution in [1.29, 1.82) is 0 Å². The van der Waals surface area contributed by atoms with Crippen LogP contribution in [-0.4, -0.2) is 41.6 Å². The number of hydrogen-bond acceptors (Lipinski definition) is 9. The third kappa shape index (κ3) is 4.53. The Morgan fingerprint density at radius 2 is 1.88 bits per heavy atom. The van der Waals surface area contributed by atoms with Crippen molar-refractivity contribution in [3.05, 3.63) is 33.7 Å². The van der Waals surface area contributed by atoms with Gasteiger partial charge < -0.3 is 14.2 Å². The highest BCUT2D eigenvalue weighted by molar-refractivity contribution is 5.83. The molecule has 0 aliphatic rings. The second-order valence-corrected chi connectivity index (χ2v) is 4.81. The van der Waals surface area contributed by atoms with Gasteiger partial charge in [-0.1, -0.05) is 0 Å². The van der Waals surface area contributed by atoms with E-state index in [-0.39, 0.29) is 23.0 Å². The predicted molar refractivity (Wildman–Crippen MR) is 89.5 cm³/mol. The van der Waals surface area contributed by atoms with Crippen LogP contribution in [0.3, 0.4) is 0 Å². The Kier molecular flexibility index (Phi) is 5.66. The predicted octanol–water partition coefficient (Wildman–Crippen LogP) is 0.862. The first-order valence-electron chi connectivity index (χ1n) is 7.11. The average Bonchev–Trinajstić information content (AvgIpc) is 2.58. The molecule has 0 aliphatic carbocycles. The lowest BCUT2D eigenvalue weighted by atomic mass is 10.2. The SMILES string of the molecule is COc1cc(/C=N/Nc2nnc(C)c(=O)[nH]2)cc(OC)c1OC(C)=O. The van der Waals surface area contributed by atoms with Crippen molar-refractivity contribution in [2.45, 2.75) is 13.8 Å². The molecule has 2 rings (SSSR count). The zero-order valence-corrected chi connectivity index (χ0v) is 14.1. The van der Waals surface area contributed by atoms with Gasteiger partial charge in [0.05, 0.1) is 20.4 Å². The number of aromatic amines is 1. The van der Waals surface area contributed by atoms with Gasteiger partial charge in [0.1, 0.15) is 5.69 Å². The molecule has 0 spiro atoms. The van der Waals surface area contributed by atoms with Crippen LogP contribution in [0.5, 0.6) is 17.2 Å². The minimum absolute atomic E-state index is 0.0994. The number of nitrogens with zero attached hydrogens (tertiary/aromatic N) is 3. The number of nitrogens with one attached hydrogen (secondary N) is 2. The second kappa shape index (κ2) is 7.90. The highest BCUT2D eigenvalue weighted by atomic mass is 16.6. The van der Waals surface area contributed by atoms with Crippen LogP contribution >= 0.6 is 0 Å². The molecule has 0 aliphatic heterocycles. The highest BCUT2D eigenvalue weighted by Gasteiger charge is 2.15. The molecule has 0 bridgehead atoms. The van der Waals surface area contributed by atoms with Gasteiger partial charge in [0.15, 0.2) is 11.5 Å². The fourth-order valence-electron chi connectivity index (χ4n) is 1.83. The summed E-state index contributed by atoms with van der Waals surface area (Å²) in [5.41, 5.74) is 3.05. The van der Waals surface area contributed by atoms with Crippen LogP contribution in [0.15, 0.2) is 22.0 Å². The summed E-state index contributed by atoms with van der Waals surface area (Å²) in [5.74, 6) is 0.388. The second-order valence-electron chi connectivity index (χ2n) is 4.81. The number of hydrazone groups is 1. The zero-order valence-electron chi connectivity index (χ0n) is 14.1. The fourth-order valence-corrected chi connectivity index (χ4v) is 1.83. The Morgan fingerprint density at radius 3 is 2.40 bits per heavy atom. The maximum absolute atomic E-state index is 11.4. The molecule has 0 unspecified atom stereocenters. The molecule has 10 nitrogen and oxygen atoms in total. The molecule has 0 fully saturated rings. The summed E-state index contributed by atoms with van der Waals surface area (Å²) in [4.78, 5) is 25.1. The smallest absolute Gasteiger partial charge is 0.308 e. The largest absolute Gasteiger partial charge is 0.493 e. The van der Waals surface area contributed by atoms with Crippen molar-refractivity contribution >= 4 is 18.1 Å². The summed E-state index contributed by atoms with van der Waals surface area (Å²) in [6.07, 6.45) is 1.45. The number of anilines is 1. The van der Waals surface area contributed by atoms with Crippen molar-refractivity contribution in [3.63, 3.8) is 0 Å². The van der Waals surface area contributed by atoms with Crippen molar-refractivity contribution in [2.75, 3.05) is 19.6 Å². The van der Waals surface area contributed by atoms with Gasteiger partial charge >= 0.3 is 5.97 Å². The molecule has 0 saturated heterocycles. The Morgan fingerprint density at radius 1 is 1.24 bits per heavy atom. The molecular weight excluding hydrogens is 330 g/mol. The third-order valence-electron chi connectivity index (χ3n) is 2.97. The van der Waals surface area contributed by atoms with E-state index < -0.39 is 5.97 Å². The van der Waals surface area contributed by atoms with E-state index in [1.54, 1.807) is 19.1 Å². The van der Waals surface area contributed by atoms with Crippen LogP contribution in [0.4, 0.5) is 5.95 Å². The number of benzene rings is 1. The first-order valence-corrected chi connectivity index (χ1v) is 7.11. The van der Waals surface area contributed by atoms with Crippen molar-refractivity contribution in [2.24, 2.45) is 5.10 Å². The quantitative estimate of drug-likeness (QED) is 0.341. The molecule has 1 heterocycles. The van der Waals surface area contributed by atoms with Gasteiger partial charge in [-0.15, -0.1) is 10.2 Å². The molecule has 132 valence electrons. The van der Waals surface area contributed by atoms with Gasteiger partial charge in [-0.05, 0) is 19.1 Å². The van der Waals surface area contributed by atoms with E-state index in [1.165, 1.54) is 27.4 Å². The van der Waals surface area contributed by atoms with Gasteiger partial charge in [0, 0.05) is 12.5 Å². The van der Waals surface area contributed by atoms with E-state index >= 15 is 0 Å². The number of carbonyl (C=O) groups excluding carboxylic acids is 1. The normalized spacial score (nSPS) is 10.6. The number of aryl methyl sites for hydroxylation is 1. The van der Waals surface area contributed by atoms with Gasteiger partial charge in [0.25, 0.3) is 5.56 Å². The number of H-pyrrole nitrogens is 1. The van der Waals surface area contributed by atoms with Gasteiger partial charge in [-0.2, -0.15) is 5.10 Å². The number of aromatic nitrogens is 3. The number of ether oxygens (including phenoxy) is 3. The molecule has 1 aromatic carbocycles. The average molecular weight is 347 g/mol. The molecule has 25 heavy (non-hydrogen) atoms. The fraction of sp³-hybridized carbons (Fsp3) is 0.267. The Labute approximate surface area is 142 Å². The number of hydrogen-bond donors (Lipinski definition) is 2. The minimum Gasteiger partial charge on any atom is -0.493 e. The van der Waals surface area contributed by atoms with E-state index in [1.807, 2.05) is 0 Å². The molecule has 0 radical (unpaired) electrons. The zero-order chi connectivity index (χ0) is 18.4. The lowest BCUT2D eigenvalue weighted by molar-refractivity contribution is -0.132. The van der Waals surface area contributed by atoms with Crippen LogP contribution in [0.2, 0.25) is 0 Å². The highest BCUT2D eigenvalue weighted by Crippen LogP contribution is 2.38. The van der Waals surface area contributed by atoms with Gasteiger partial charge in [-0.25, -0.2) is 5.43 Å². The molecule has 0 amide bonds. The van der Waals surface area contributed by atoms with E-state index in [4.69, 9.17) is 14.2 Å². The van der Waals surface area contributed by atoms with Crippen LogP contribution in [-0.2, 0) is 4.79 Å². The molecular formula is C15H17N5O5. The van der Waals surface area contributed by atoms with E-state index in [2.05, 4.69) is 25.7 Å². The third-order valence-corrected chi connectivity index (χ3v) is 2.97. The Bertz CT molecular complexity index is 837. The van der Waals surface area contributed by atoms with Crippen LogP contribution in [0, 0.1) is 6.92 Å². The summed E-state index contributed by atoms with van der Waals surface area (Å²) >= 11 is 0. The van der Waals surface area contributed by atoms with Gasteiger partial charge in [-0.3, -0.25) is 14.6 Å². The Balaban J connectivity index is 2.25. The van der Waals surface area contributed by atoms with Crippen LogP contribution in [0.1, 0.15) is 18.2 Å². The first-order chi connectivity index (χ1) is 11.9. The number of esters is 1. The number of carbonyl (C=O) groups is 1. The topological polar surface area (TPSA) is 128 Å². The Hall–Kier alpha value is -3.43. The molecule has 10 heteroatoms. The monoisotopic (exact) mass is 347 g/mol. The summed E-state index contributed by atoms with van der Waals surface area (Å²) in [7, 11) is 2.88. The molecule has 2 N–H and O–H groups in total. The van der Waals surface area contributed by atoms with E-state index in [0.717, 1.165) is 0 Å². The summed E-state index contributed by atoms with van der Waals surface area (Å²) in [6.45, 7) is 2.82. The van der Waals surface area contributed by atoms with Crippen LogP contribution in [0.25, 0.3) is 0 Å². The molecule has 2 aromatic rings. The maximum Gasteiger partial charge on any atom is 0.308 e. The summed E-state index contributed by atoms with van der Waals surface area (Å²) < 4.78 is 15.5. The van der Waals surface area contributed by atoms with E-state index in [0.29, 0.717) is 17.1 Å². The maximum atomic E-state index is 11.4. The van der Waals surface area contributed by atoms with Gasteiger partial charge in [0.2, 0.25) is 11.7 Å². The van der Waals surface area contributed by atoms with Crippen molar-refractivity contribution < 1.29 is 19.0 Å². The summed E-state index contributed by atoms with van der Waals surface area (Å²) in [5, 5.41) is 11.4. The summed E-state index contributed by atoms with van der Waals surface area (Å²) in [6, 6.07) is 3.21. The molecule has 0 atom stereocenters. The lowest BCUT2D eigenvalue weighted by Crippen LogP contribution is -2.15.